The van der Waals surface area contributed by atoms with Crippen LogP contribution in [-0.2, 0) is 4.79 Å². The van der Waals surface area contributed by atoms with Crippen LogP contribution in [-0.4, -0.2) is 16.3 Å². The van der Waals surface area contributed by atoms with Gasteiger partial charge >= 0.3 is 5.76 Å². The van der Waals surface area contributed by atoms with Crippen molar-refractivity contribution >= 4 is 23.6 Å². The number of aromatic amines is 1. The van der Waals surface area contributed by atoms with Crippen molar-refractivity contribution in [3.63, 3.8) is 0 Å². The van der Waals surface area contributed by atoms with Crippen molar-refractivity contribution in [2.45, 2.75) is 6.42 Å². The second-order valence-electron chi connectivity index (χ2n) is 2.93. The predicted molar refractivity (Wildman–Crippen MR) is 54.3 cm³/mol. The molecule has 2 heterocycles. The fourth-order valence-corrected chi connectivity index (χ4v) is 1.20. The van der Waals surface area contributed by atoms with Crippen molar-refractivity contribution in [2.75, 3.05) is 0 Å². The van der Waals surface area contributed by atoms with Crippen LogP contribution in [0.3, 0.4) is 0 Å². The Hall–Kier alpha value is -2.17. The van der Waals surface area contributed by atoms with E-state index in [2.05, 4.69) is 9.97 Å². The number of aromatic nitrogens is 2. The largest absolute Gasteiger partial charge is 0.418 e. The molecule has 76 valence electrons. The number of carbonyl (C=O) groups excluding carboxylic acids is 1. The quantitative estimate of drug-likeness (QED) is 0.760. The van der Waals surface area contributed by atoms with E-state index in [1.807, 2.05) is 0 Å². The molecule has 0 atom stereocenters. The highest BCUT2D eigenvalue weighted by atomic mass is 16.4. The van der Waals surface area contributed by atoms with E-state index in [1.165, 1.54) is 0 Å². The summed E-state index contributed by atoms with van der Waals surface area (Å²) in [6, 6.07) is 1.68. The summed E-state index contributed by atoms with van der Waals surface area (Å²) < 4.78 is 4.84. The molecule has 0 aromatic carbocycles. The molecular weight excluding hydrogens is 196 g/mol. The molecule has 2 aromatic heterocycles. The van der Waals surface area contributed by atoms with E-state index >= 15 is 0 Å². The Kier molecular flexibility index (Phi) is 2.45. The SMILES string of the molecule is O=CCC=Cc1cnc2[nH]c(=O)oc2c1. The first-order valence-corrected chi connectivity index (χ1v) is 4.38. The van der Waals surface area contributed by atoms with Crippen molar-refractivity contribution in [1.82, 2.24) is 9.97 Å². The summed E-state index contributed by atoms with van der Waals surface area (Å²) in [5.41, 5.74) is 1.62. The highest BCUT2D eigenvalue weighted by Gasteiger charge is 2.01. The zero-order valence-corrected chi connectivity index (χ0v) is 7.77. The highest BCUT2D eigenvalue weighted by molar-refractivity contribution is 5.71. The third kappa shape index (κ3) is 2.01. The van der Waals surface area contributed by atoms with Gasteiger partial charge in [-0.05, 0) is 11.6 Å². The van der Waals surface area contributed by atoms with Crippen LogP contribution in [0.2, 0.25) is 0 Å². The van der Waals surface area contributed by atoms with Gasteiger partial charge in [0.2, 0.25) is 0 Å². The summed E-state index contributed by atoms with van der Waals surface area (Å²) in [4.78, 5) is 27.3. The molecule has 0 aliphatic carbocycles. The summed E-state index contributed by atoms with van der Waals surface area (Å²) in [6.07, 6.45) is 6.21. The Bertz CT molecular complexity index is 565. The van der Waals surface area contributed by atoms with Crippen molar-refractivity contribution in [1.29, 1.82) is 0 Å². The van der Waals surface area contributed by atoms with Crippen molar-refractivity contribution in [3.8, 4) is 0 Å². The van der Waals surface area contributed by atoms with Gasteiger partial charge in [-0.3, -0.25) is 4.98 Å². The summed E-state index contributed by atoms with van der Waals surface area (Å²) in [5, 5.41) is 0. The van der Waals surface area contributed by atoms with Crippen LogP contribution in [0.5, 0.6) is 0 Å². The Balaban J connectivity index is 2.37. The third-order valence-electron chi connectivity index (χ3n) is 1.84. The number of hydrogen-bond donors (Lipinski definition) is 1. The van der Waals surface area contributed by atoms with Crippen LogP contribution >= 0.6 is 0 Å². The van der Waals surface area contributed by atoms with E-state index in [1.54, 1.807) is 24.4 Å². The number of carbonyl (C=O) groups is 1. The van der Waals surface area contributed by atoms with Gasteiger partial charge in [0.25, 0.3) is 0 Å². The molecule has 0 aliphatic heterocycles. The van der Waals surface area contributed by atoms with Gasteiger partial charge in [-0.15, -0.1) is 0 Å². The van der Waals surface area contributed by atoms with Gasteiger partial charge < -0.3 is 9.21 Å². The number of nitrogens with one attached hydrogen (secondary N) is 1. The second-order valence-corrected chi connectivity index (χ2v) is 2.93. The second kappa shape index (κ2) is 3.91. The van der Waals surface area contributed by atoms with Crippen LogP contribution in [0.1, 0.15) is 12.0 Å². The maximum atomic E-state index is 10.8. The highest BCUT2D eigenvalue weighted by Crippen LogP contribution is 2.10. The van der Waals surface area contributed by atoms with Crippen molar-refractivity contribution < 1.29 is 9.21 Å². The molecule has 2 aromatic rings. The Morgan fingerprint density at radius 2 is 2.40 bits per heavy atom. The standard InChI is InChI=1S/C10H8N2O3/c13-4-2-1-3-7-5-8-9(11-6-7)12-10(14)15-8/h1,3-6H,2H2,(H,11,12,14). The van der Waals surface area contributed by atoms with Gasteiger partial charge in [0.1, 0.15) is 6.29 Å². The molecule has 0 amide bonds. The first-order valence-electron chi connectivity index (χ1n) is 4.38. The number of oxazole rings is 1. The first-order chi connectivity index (χ1) is 7.29. The number of nitrogens with zero attached hydrogens (tertiary/aromatic N) is 1. The molecule has 0 aliphatic rings. The summed E-state index contributed by atoms with van der Waals surface area (Å²) >= 11 is 0. The Labute approximate surface area is 84.4 Å². The Morgan fingerprint density at radius 3 is 3.20 bits per heavy atom. The van der Waals surface area contributed by atoms with E-state index in [0.717, 1.165) is 11.8 Å². The molecule has 5 nitrogen and oxygen atoms in total. The Morgan fingerprint density at radius 1 is 1.53 bits per heavy atom. The molecular formula is C10H8N2O3. The lowest BCUT2D eigenvalue weighted by molar-refractivity contribution is -0.107. The fourth-order valence-electron chi connectivity index (χ4n) is 1.20. The van der Waals surface area contributed by atoms with Crippen LogP contribution in [0.25, 0.3) is 17.3 Å². The number of aldehydes is 1. The summed E-state index contributed by atoms with van der Waals surface area (Å²) in [5.74, 6) is -0.522. The molecule has 0 spiro atoms. The van der Waals surface area contributed by atoms with E-state index in [0.29, 0.717) is 17.7 Å². The lowest BCUT2D eigenvalue weighted by Gasteiger charge is -1.90. The average Bonchev–Trinajstić information content (AvgIpc) is 2.57. The molecule has 15 heavy (non-hydrogen) atoms. The van der Waals surface area contributed by atoms with E-state index < -0.39 is 5.76 Å². The molecule has 0 radical (unpaired) electrons. The minimum Gasteiger partial charge on any atom is -0.406 e. The lowest BCUT2D eigenvalue weighted by atomic mass is 10.2. The molecule has 0 bridgehead atoms. The minimum absolute atomic E-state index is 0.356. The van der Waals surface area contributed by atoms with Gasteiger partial charge in [-0.2, -0.15) is 0 Å². The number of rotatable bonds is 3. The van der Waals surface area contributed by atoms with Gasteiger partial charge in [0.05, 0.1) is 0 Å². The van der Waals surface area contributed by atoms with Crippen LogP contribution < -0.4 is 5.76 Å². The fraction of sp³-hybridized carbons (Fsp3) is 0.100. The minimum atomic E-state index is -0.522. The normalized spacial score (nSPS) is 11.2. The number of pyridine rings is 1. The number of fused-ring (bicyclic) bond motifs is 1. The number of hydrogen-bond acceptors (Lipinski definition) is 4. The van der Waals surface area contributed by atoms with Gasteiger partial charge in [0.15, 0.2) is 11.2 Å². The van der Waals surface area contributed by atoms with Crippen LogP contribution in [0.4, 0.5) is 0 Å². The van der Waals surface area contributed by atoms with E-state index in [9.17, 15) is 9.59 Å². The predicted octanol–water partition coefficient (Wildman–Crippen LogP) is 1.12. The van der Waals surface area contributed by atoms with Crippen molar-refractivity contribution in [2.24, 2.45) is 0 Å². The molecule has 2 rings (SSSR count). The monoisotopic (exact) mass is 204 g/mol. The van der Waals surface area contributed by atoms with Crippen LogP contribution in [0, 0.1) is 0 Å². The van der Waals surface area contributed by atoms with Gasteiger partial charge in [-0.1, -0.05) is 12.2 Å². The summed E-state index contributed by atoms with van der Waals surface area (Å²) in [7, 11) is 0. The maximum absolute atomic E-state index is 10.8. The smallest absolute Gasteiger partial charge is 0.406 e. The van der Waals surface area contributed by atoms with Crippen LogP contribution in [0.15, 0.2) is 27.6 Å². The molecule has 1 N–H and O–H groups in total. The molecule has 0 saturated heterocycles. The summed E-state index contributed by atoms with van der Waals surface area (Å²) in [6.45, 7) is 0. The van der Waals surface area contributed by atoms with Gasteiger partial charge in [-0.25, -0.2) is 9.78 Å². The van der Waals surface area contributed by atoms with E-state index in [4.69, 9.17) is 4.42 Å². The molecule has 0 unspecified atom stereocenters. The number of allylic oxidation sites excluding steroid dienone is 1. The molecule has 0 saturated carbocycles. The number of H-pyrrole nitrogens is 1. The molecule has 5 heteroatoms. The first kappa shape index (κ1) is 9.39. The maximum Gasteiger partial charge on any atom is 0.418 e. The topological polar surface area (TPSA) is 76.0 Å². The average molecular weight is 204 g/mol. The third-order valence-corrected chi connectivity index (χ3v) is 1.84. The van der Waals surface area contributed by atoms with E-state index in [-0.39, 0.29) is 0 Å². The zero-order valence-electron chi connectivity index (χ0n) is 7.77. The zero-order chi connectivity index (χ0) is 10.7. The van der Waals surface area contributed by atoms with Crippen molar-refractivity contribution in [3.05, 3.63) is 34.5 Å². The lowest BCUT2D eigenvalue weighted by Crippen LogP contribution is -1.93. The molecule has 0 fully saturated rings. The van der Waals surface area contributed by atoms with Gasteiger partial charge in [0, 0.05) is 12.6 Å².